The first-order valence-electron chi connectivity index (χ1n) is 24.8. The zero-order valence-corrected chi connectivity index (χ0v) is 42.6. The molecule has 67 heavy (non-hydrogen) atoms. The summed E-state index contributed by atoms with van der Waals surface area (Å²) in [5.74, 6) is 4.72. The van der Waals surface area contributed by atoms with Crippen molar-refractivity contribution in [1.82, 2.24) is 24.8 Å². The molecule has 8 rings (SSSR count). The molecule has 12 nitrogen and oxygen atoms in total. The summed E-state index contributed by atoms with van der Waals surface area (Å²) < 4.78 is 41.8. The molecular weight excluding hydrogens is 864 g/mol. The SMILES string of the molecule is COCOc1cc(-c2ncc3c(N4CC5CCC(C4)N5C(=O)OC(C)(C)C)nc(OCC4(CN5CCC(CCO)CC5)CC4)nc3c2F)c2c(C#C[Si](C(C)C)(C(C)C)C(C)C)cccc2c1. The van der Waals surface area contributed by atoms with Crippen molar-refractivity contribution in [3.8, 4) is 34.5 Å². The van der Waals surface area contributed by atoms with Crippen LogP contribution in [0.5, 0.6) is 11.8 Å². The van der Waals surface area contributed by atoms with E-state index in [1.165, 1.54) is 0 Å². The van der Waals surface area contributed by atoms with Crippen molar-refractivity contribution in [3.05, 3.63) is 47.9 Å². The number of halogens is 1. The number of benzene rings is 2. The number of aliphatic hydroxyl groups excluding tert-OH is 1. The van der Waals surface area contributed by atoms with Gasteiger partial charge in [-0.3, -0.25) is 9.88 Å². The highest BCUT2D eigenvalue weighted by atomic mass is 28.3. The van der Waals surface area contributed by atoms with Crippen molar-refractivity contribution >= 4 is 41.7 Å². The molecule has 0 radical (unpaired) electrons. The predicted molar refractivity (Wildman–Crippen MR) is 266 cm³/mol. The highest BCUT2D eigenvalue weighted by Crippen LogP contribution is 2.48. The Bertz CT molecular complexity index is 2450. The number of hydrogen-bond donors (Lipinski definition) is 1. The highest BCUT2D eigenvalue weighted by molar-refractivity contribution is 6.90. The van der Waals surface area contributed by atoms with Crippen LogP contribution in [0.15, 0.2) is 36.5 Å². The zero-order valence-electron chi connectivity index (χ0n) is 41.6. The maximum absolute atomic E-state index is 18.0. The first kappa shape index (κ1) is 48.9. The summed E-state index contributed by atoms with van der Waals surface area (Å²) in [7, 11) is -0.558. The quantitative estimate of drug-likeness (QED) is 0.0696. The highest BCUT2D eigenvalue weighted by Gasteiger charge is 2.47. The van der Waals surface area contributed by atoms with Crippen LogP contribution in [0.4, 0.5) is 15.0 Å². The van der Waals surface area contributed by atoms with E-state index in [4.69, 9.17) is 33.9 Å². The molecule has 1 aliphatic carbocycles. The van der Waals surface area contributed by atoms with E-state index in [-0.39, 0.29) is 54.2 Å². The van der Waals surface area contributed by atoms with E-state index in [1.807, 2.05) is 56.0 Å². The van der Waals surface area contributed by atoms with Crippen LogP contribution < -0.4 is 14.4 Å². The predicted octanol–water partition coefficient (Wildman–Crippen LogP) is 10.4. The Kier molecular flexibility index (Phi) is 14.5. The van der Waals surface area contributed by atoms with E-state index in [0.717, 1.165) is 80.9 Å². The maximum Gasteiger partial charge on any atom is 0.410 e. The van der Waals surface area contributed by atoms with Crippen LogP contribution in [0.3, 0.4) is 0 Å². The number of rotatable bonds is 15. The number of pyridine rings is 1. The first-order chi connectivity index (χ1) is 32.0. The molecule has 4 aromatic rings. The number of carbonyl (C=O) groups is 1. The van der Waals surface area contributed by atoms with Gasteiger partial charge in [0.1, 0.15) is 36.5 Å². The van der Waals surface area contributed by atoms with E-state index in [0.29, 0.717) is 64.8 Å². The van der Waals surface area contributed by atoms with Gasteiger partial charge in [-0.2, -0.15) is 9.97 Å². The third-order valence-corrected chi connectivity index (χ3v) is 21.4. The molecule has 14 heteroatoms. The summed E-state index contributed by atoms with van der Waals surface area (Å²) in [6.07, 6.45) is 8.17. The van der Waals surface area contributed by atoms with E-state index in [1.54, 1.807) is 13.3 Å². The van der Waals surface area contributed by atoms with Crippen LogP contribution in [0.25, 0.3) is 32.9 Å². The van der Waals surface area contributed by atoms with Crippen LogP contribution in [0.1, 0.15) is 113 Å². The van der Waals surface area contributed by atoms with Gasteiger partial charge >= 0.3 is 12.1 Å². The van der Waals surface area contributed by atoms with Crippen LogP contribution in [0, 0.1) is 28.6 Å². The van der Waals surface area contributed by atoms with Crippen molar-refractivity contribution < 1.29 is 33.2 Å². The summed E-state index contributed by atoms with van der Waals surface area (Å²) in [6.45, 7) is 24.1. The number of hydrogen-bond acceptors (Lipinski definition) is 11. The number of carbonyl (C=O) groups excluding carboxylic acids is 1. The fraction of sp³-hybridized carbons (Fsp3) is 0.623. The van der Waals surface area contributed by atoms with Crippen molar-refractivity contribution in [3.63, 3.8) is 0 Å². The van der Waals surface area contributed by atoms with Gasteiger partial charge in [0.05, 0.1) is 24.1 Å². The third kappa shape index (κ3) is 10.3. The molecule has 1 N–H and O–H groups in total. The van der Waals surface area contributed by atoms with Gasteiger partial charge in [0.15, 0.2) is 12.6 Å². The molecule has 4 fully saturated rings. The number of aliphatic hydroxyl groups is 1. The third-order valence-electron chi connectivity index (χ3n) is 15.1. The van der Waals surface area contributed by atoms with Crippen LogP contribution in [0.2, 0.25) is 16.6 Å². The molecule has 3 aliphatic heterocycles. The number of likely N-dealkylation sites (tertiary alicyclic amines) is 1. The van der Waals surface area contributed by atoms with Gasteiger partial charge < -0.3 is 33.9 Å². The minimum Gasteiger partial charge on any atom is -0.468 e. The summed E-state index contributed by atoms with van der Waals surface area (Å²) in [6, 6.07) is 9.73. The molecule has 0 spiro atoms. The Morgan fingerprint density at radius 3 is 2.27 bits per heavy atom. The molecule has 2 aromatic carbocycles. The van der Waals surface area contributed by atoms with Crippen molar-refractivity contribution in [2.75, 3.05) is 64.7 Å². The molecule has 1 amide bonds. The van der Waals surface area contributed by atoms with Gasteiger partial charge in [-0.05, 0) is 125 Å². The Morgan fingerprint density at radius 2 is 1.66 bits per heavy atom. The Balaban J connectivity index is 1.22. The van der Waals surface area contributed by atoms with Crippen LogP contribution in [-0.2, 0) is 9.47 Å². The average Bonchev–Trinajstić information content (AvgIpc) is 3.99. The van der Waals surface area contributed by atoms with Gasteiger partial charge in [-0.15, -0.1) is 5.54 Å². The molecule has 1 saturated carbocycles. The number of piperidine rings is 1. The second-order valence-corrected chi connectivity index (χ2v) is 27.4. The number of fused-ring (bicyclic) bond motifs is 4. The Labute approximate surface area is 398 Å². The minimum atomic E-state index is -2.13. The standard InChI is InChI=1S/C53H73FN6O6Si/c1-34(2)67(35(3)4,36(5)6)25-19-38-12-11-13-39-26-42(65-33-63-10)27-43(45(38)39)47-46(54)48-44(28-55-47)49(59-29-40-14-15-41(30-59)60(40)51(62)66-52(7,8)9)57-50(56-48)64-32-53(20-21-53)31-58-22-16-37(17-23-58)18-24-61/h11-13,26-28,34-37,40-41,61H,14-18,20-24,29-33H2,1-10H3. The van der Waals surface area contributed by atoms with Gasteiger partial charge in [0.25, 0.3) is 0 Å². The van der Waals surface area contributed by atoms with Crippen molar-refractivity contribution in [1.29, 1.82) is 0 Å². The molecular formula is C53H73FN6O6Si. The monoisotopic (exact) mass is 937 g/mol. The minimum absolute atomic E-state index is 0.0211. The average molecular weight is 937 g/mol. The number of anilines is 1. The molecule has 4 aliphatic rings. The number of piperazine rings is 1. The smallest absolute Gasteiger partial charge is 0.410 e. The van der Waals surface area contributed by atoms with E-state index in [2.05, 4.69) is 62.8 Å². The van der Waals surface area contributed by atoms with E-state index in [9.17, 15) is 9.90 Å². The maximum atomic E-state index is 18.0. The Hall–Kier alpha value is -4.55. The molecule has 3 saturated heterocycles. The second-order valence-electron chi connectivity index (χ2n) is 21.8. The fourth-order valence-electron chi connectivity index (χ4n) is 11.5. The number of ether oxygens (including phenoxy) is 4. The topological polar surface area (TPSA) is 123 Å². The lowest BCUT2D eigenvalue weighted by atomic mass is 9.93. The zero-order chi connectivity index (χ0) is 47.8. The van der Waals surface area contributed by atoms with Gasteiger partial charge in [0, 0.05) is 61.5 Å². The summed E-state index contributed by atoms with van der Waals surface area (Å²) in [5, 5.41) is 11.6. The summed E-state index contributed by atoms with van der Waals surface area (Å²) in [4.78, 5) is 35.0. The van der Waals surface area contributed by atoms with Crippen molar-refractivity contribution in [2.45, 2.75) is 142 Å². The first-order valence-corrected chi connectivity index (χ1v) is 27.0. The van der Waals surface area contributed by atoms with Gasteiger partial charge in [-0.1, -0.05) is 59.6 Å². The summed E-state index contributed by atoms with van der Waals surface area (Å²) in [5.41, 5.74) is 6.17. The Morgan fingerprint density at radius 1 is 0.970 bits per heavy atom. The summed E-state index contributed by atoms with van der Waals surface area (Å²) >= 11 is 0. The lowest BCUT2D eigenvalue weighted by Crippen LogP contribution is -2.57. The molecule has 2 aromatic heterocycles. The fourth-order valence-corrected chi connectivity index (χ4v) is 16.8. The van der Waals surface area contributed by atoms with Crippen molar-refractivity contribution in [2.24, 2.45) is 11.3 Å². The number of aromatic nitrogens is 3. The van der Waals surface area contributed by atoms with Gasteiger partial charge in [0.2, 0.25) is 0 Å². The van der Waals surface area contributed by atoms with E-state index >= 15 is 4.39 Å². The molecule has 2 bridgehead atoms. The van der Waals surface area contributed by atoms with Gasteiger partial charge in [-0.25, -0.2) is 9.18 Å². The van der Waals surface area contributed by atoms with E-state index < -0.39 is 19.5 Å². The molecule has 2 unspecified atom stereocenters. The molecule has 2 atom stereocenters. The second kappa shape index (κ2) is 19.8. The number of nitrogens with zero attached hydrogens (tertiary/aromatic N) is 6. The molecule has 5 heterocycles. The largest absolute Gasteiger partial charge is 0.468 e. The normalized spacial score (nSPS) is 20.0. The lowest BCUT2D eigenvalue weighted by molar-refractivity contribution is 0.0122. The van der Waals surface area contributed by atoms with Crippen LogP contribution >= 0.6 is 0 Å². The number of methoxy groups -OCH3 is 1. The lowest BCUT2D eigenvalue weighted by Gasteiger charge is -2.42. The van der Waals surface area contributed by atoms with Crippen LogP contribution in [-0.4, -0.2) is 122 Å². The molecule has 362 valence electrons. The number of amides is 1.